The summed E-state index contributed by atoms with van der Waals surface area (Å²) in [6, 6.07) is 11.9. The van der Waals surface area contributed by atoms with Gasteiger partial charge in [-0.25, -0.2) is 4.99 Å². The second-order valence-corrected chi connectivity index (χ2v) is 6.94. The van der Waals surface area contributed by atoms with Crippen molar-refractivity contribution in [2.24, 2.45) is 4.99 Å². The van der Waals surface area contributed by atoms with Crippen LogP contribution in [0.5, 0.6) is 0 Å². The van der Waals surface area contributed by atoms with E-state index in [2.05, 4.69) is 22.4 Å². The summed E-state index contributed by atoms with van der Waals surface area (Å²) < 4.78 is 0. The summed E-state index contributed by atoms with van der Waals surface area (Å²) in [4.78, 5) is 8.85. The van der Waals surface area contributed by atoms with E-state index in [1.807, 2.05) is 24.4 Å². The minimum Gasteiger partial charge on any atom is -0.370 e. The van der Waals surface area contributed by atoms with Crippen LogP contribution in [0.25, 0.3) is 10.8 Å². The van der Waals surface area contributed by atoms with Gasteiger partial charge in [-0.1, -0.05) is 47.5 Å². The highest BCUT2D eigenvalue weighted by atomic mass is 35.5. The number of aromatic nitrogens is 1. The van der Waals surface area contributed by atoms with E-state index < -0.39 is 0 Å². The fraction of sp³-hybridized carbons (Fsp3) is 0.200. The predicted octanol–water partition coefficient (Wildman–Crippen LogP) is 5.55. The maximum absolute atomic E-state index is 6.33. The van der Waals surface area contributed by atoms with E-state index in [0.29, 0.717) is 10.0 Å². The number of aliphatic imine (C=N–C) groups is 1. The molecular formula is C20H17Cl2N3. The second kappa shape index (κ2) is 7.03. The van der Waals surface area contributed by atoms with E-state index >= 15 is 0 Å². The molecule has 1 N–H and O–H groups in total. The largest absolute Gasteiger partial charge is 0.370 e. The monoisotopic (exact) mass is 369 g/mol. The van der Waals surface area contributed by atoms with Gasteiger partial charge < -0.3 is 5.32 Å². The van der Waals surface area contributed by atoms with Crippen LogP contribution < -0.4 is 5.32 Å². The van der Waals surface area contributed by atoms with E-state index in [1.165, 1.54) is 5.56 Å². The van der Waals surface area contributed by atoms with Crippen LogP contribution in [-0.4, -0.2) is 17.4 Å². The van der Waals surface area contributed by atoms with Crippen molar-refractivity contribution in [2.45, 2.75) is 19.3 Å². The Morgan fingerprint density at radius 3 is 2.76 bits per heavy atom. The summed E-state index contributed by atoms with van der Waals surface area (Å²) in [5.74, 6) is 0.881. The number of amidine groups is 1. The van der Waals surface area contributed by atoms with Crippen molar-refractivity contribution < 1.29 is 0 Å². The minimum atomic E-state index is 0.596. The Kier molecular flexibility index (Phi) is 4.60. The summed E-state index contributed by atoms with van der Waals surface area (Å²) in [5, 5.41) is 6.75. The SMILES string of the molecule is Clc1cc(Cl)c2cccc3c2c1N=C3NCCCCc1cccnc1. The Bertz CT molecular complexity index is 952. The maximum Gasteiger partial charge on any atom is 0.134 e. The fourth-order valence-corrected chi connectivity index (χ4v) is 3.77. The molecule has 1 aliphatic rings. The van der Waals surface area contributed by atoms with E-state index in [-0.39, 0.29) is 0 Å². The number of rotatable bonds is 5. The number of benzene rings is 2. The molecule has 5 heteroatoms. The Morgan fingerprint density at radius 2 is 1.92 bits per heavy atom. The summed E-state index contributed by atoms with van der Waals surface area (Å²) in [6.07, 6.45) is 6.94. The number of hydrogen-bond donors (Lipinski definition) is 1. The molecule has 25 heavy (non-hydrogen) atoms. The molecule has 0 aliphatic carbocycles. The molecule has 3 aromatic rings. The lowest BCUT2D eigenvalue weighted by atomic mass is 10.0. The zero-order chi connectivity index (χ0) is 17.2. The fourth-order valence-electron chi connectivity index (χ4n) is 3.20. The molecule has 3 nitrogen and oxygen atoms in total. The summed E-state index contributed by atoms with van der Waals surface area (Å²) in [6.45, 7) is 0.870. The first-order valence-corrected chi connectivity index (χ1v) is 9.12. The molecule has 0 spiro atoms. The quantitative estimate of drug-likeness (QED) is 0.598. The average Bonchev–Trinajstić information content (AvgIpc) is 3.01. The van der Waals surface area contributed by atoms with Crippen molar-refractivity contribution in [3.63, 3.8) is 0 Å². The lowest BCUT2D eigenvalue weighted by Crippen LogP contribution is -2.24. The van der Waals surface area contributed by atoms with Gasteiger partial charge in [-0.15, -0.1) is 0 Å². The van der Waals surface area contributed by atoms with Crippen molar-refractivity contribution >= 4 is 45.5 Å². The van der Waals surface area contributed by atoms with Crippen LogP contribution in [-0.2, 0) is 6.42 Å². The van der Waals surface area contributed by atoms with E-state index in [9.17, 15) is 0 Å². The second-order valence-electron chi connectivity index (χ2n) is 6.12. The zero-order valence-electron chi connectivity index (χ0n) is 13.6. The topological polar surface area (TPSA) is 37.3 Å². The molecule has 2 aromatic carbocycles. The summed E-state index contributed by atoms with van der Waals surface area (Å²) in [7, 11) is 0. The van der Waals surface area contributed by atoms with E-state index in [0.717, 1.165) is 53.7 Å². The number of halogens is 2. The molecule has 0 saturated heterocycles. The van der Waals surface area contributed by atoms with Crippen molar-refractivity contribution in [3.05, 3.63) is 70.0 Å². The maximum atomic E-state index is 6.33. The van der Waals surface area contributed by atoms with Gasteiger partial charge in [-0.05, 0) is 37.0 Å². The van der Waals surface area contributed by atoms with Gasteiger partial charge in [0.05, 0.1) is 15.7 Å². The smallest absolute Gasteiger partial charge is 0.134 e. The molecule has 0 radical (unpaired) electrons. The van der Waals surface area contributed by atoms with Crippen LogP contribution in [0.15, 0.2) is 53.8 Å². The molecular weight excluding hydrogens is 353 g/mol. The molecule has 0 fully saturated rings. The molecule has 0 atom stereocenters. The molecule has 126 valence electrons. The normalized spacial score (nSPS) is 12.5. The summed E-state index contributed by atoms with van der Waals surface area (Å²) >= 11 is 12.7. The highest BCUT2D eigenvalue weighted by Gasteiger charge is 2.21. The van der Waals surface area contributed by atoms with Gasteiger partial charge in [0.2, 0.25) is 0 Å². The minimum absolute atomic E-state index is 0.596. The van der Waals surface area contributed by atoms with Gasteiger partial charge in [0.25, 0.3) is 0 Å². The molecule has 0 saturated carbocycles. The number of unbranched alkanes of at least 4 members (excludes halogenated alkanes) is 1. The highest BCUT2D eigenvalue weighted by molar-refractivity contribution is 6.42. The first-order valence-electron chi connectivity index (χ1n) is 8.36. The third-order valence-corrected chi connectivity index (χ3v) is 5.03. The standard InChI is InChI=1S/C20H17Cl2N3/c21-16-11-17(22)19-18-14(16)7-3-8-15(18)20(25-19)24-10-2-1-5-13-6-4-9-23-12-13/h3-4,6-9,11-12H,1-2,5,10H2,(H,24,25). The van der Waals surface area contributed by atoms with Crippen molar-refractivity contribution in [3.8, 4) is 0 Å². The summed E-state index contributed by atoms with van der Waals surface area (Å²) in [5.41, 5.74) is 3.16. The first kappa shape index (κ1) is 16.4. The van der Waals surface area contributed by atoms with Crippen LogP contribution >= 0.6 is 23.2 Å². The average molecular weight is 370 g/mol. The van der Waals surface area contributed by atoms with Crippen LogP contribution in [0, 0.1) is 0 Å². The Labute approximate surface area is 156 Å². The van der Waals surface area contributed by atoms with Gasteiger partial charge in [0.15, 0.2) is 0 Å². The number of hydrogen-bond acceptors (Lipinski definition) is 3. The van der Waals surface area contributed by atoms with Crippen LogP contribution in [0.4, 0.5) is 5.69 Å². The van der Waals surface area contributed by atoms with Crippen LogP contribution in [0.3, 0.4) is 0 Å². The number of nitrogens with one attached hydrogen (secondary N) is 1. The lowest BCUT2D eigenvalue weighted by molar-refractivity contribution is 0.708. The highest BCUT2D eigenvalue weighted by Crippen LogP contribution is 2.43. The third kappa shape index (κ3) is 3.22. The molecule has 4 rings (SSSR count). The zero-order valence-corrected chi connectivity index (χ0v) is 15.1. The number of aryl methyl sites for hydroxylation is 1. The van der Waals surface area contributed by atoms with E-state index in [4.69, 9.17) is 28.2 Å². The van der Waals surface area contributed by atoms with Gasteiger partial charge in [-0.3, -0.25) is 4.98 Å². The Morgan fingerprint density at radius 1 is 1.00 bits per heavy atom. The molecule has 0 amide bonds. The van der Waals surface area contributed by atoms with Gasteiger partial charge in [0, 0.05) is 35.3 Å². The third-order valence-electron chi connectivity index (χ3n) is 4.42. The molecule has 2 heterocycles. The van der Waals surface area contributed by atoms with E-state index in [1.54, 1.807) is 12.3 Å². The number of nitrogens with zero attached hydrogens (tertiary/aromatic N) is 2. The van der Waals surface area contributed by atoms with Gasteiger partial charge in [0.1, 0.15) is 5.84 Å². The van der Waals surface area contributed by atoms with Crippen molar-refractivity contribution in [2.75, 3.05) is 6.54 Å². The number of pyridine rings is 1. The van der Waals surface area contributed by atoms with Crippen molar-refractivity contribution in [1.82, 2.24) is 10.3 Å². The molecule has 0 bridgehead atoms. The first-order chi connectivity index (χ1) is 12.2. The van der Waals surface area contributed by atoms with Crippen LogP contribution in [0.1, 0.15) is 24.0 Å². The van der Waals surface area contributed by atoms with Crippen LogP contribution in [0.2, 0.25) is 10.0 Å². The molecule has 1 aliphatic heterocycles. The van der Waals surface area contributed by atoms with Crippen molar-refractivity contribution in [1.29, 1.82) is 0 Å². The Balaban J connectivity index is 1.42. The Hall–Kier alpha value is -2.10. The molecule has 1 aromatic heterocycles. The lowest BCUT2D eigenvalue weighted by Gasteiger charge is -2.08. The van der Waals surface area contributed by atoms with Gasteiger partial charge in [-0.2, -0.15) is 0 Å². The van der Waals surface area contributed by atoms with Gasteiger partial charge >= 0.3 is 0 Å². The predicted molar refractivity (Wildman–Crippen MR) is 105 cm³/mol. The molecule has 0 unspecified atom stereocenters.